The minimum atomic E-state index is -4.47. The first-order valence-corrected chi connectivity index (χ1v) is 6.88. The van der Waals surface area contributed by atoms with Gasteiger partial charge in [0, 0.05) is 17.8 Å². The fraction of sp³-hybridized carbons (Fsp3) is 0.533. The molecule has 0 spiro atoms. The van der Waals surface area contributed by atoms with E-state index in [-0.39, 0.29) is 5.56 Å². The highest BCUT2D eigenvalue weighted by Crippen LogP contribution is 2.32. The van der Waals surface area contributed by atoms with Crippen molar-refractivity contribution >= 4 is 11.6 Å². The van der Waals surface area contributed by atoms with Gasteiger partial charge in [-0.2, -0.15) is 13.2 Å². The lowest BCUT2D eigenvalue weighted by Crippen LogP contribution is -2.43. The van der Waals surface area contributed by atoms with Gasteiger partial charge in [0.1, 0.15) is 0 Å². The summed E-state index contributed by atoms with van der Waals surface area (Å²) in [4.78, 5) is 12.3. The molecule has 118 valence electrons. The maximum Gasteiger partial charge on any atom is 0.416 e. The third kappa shape index (κ3) is 4.65. The lowest BCUT2D eigenvalue weighted by Gasteiger charge is -2.25. The Morgan fingerprint density at radius 2 is 1.81 bits per heavy atom. The molecule has 1 rings (SSSR count). The van der Waals surface area contributed by atoms with E-state index in [1.165, 1.54) is 6.07 Å². The molecule has 0 bridgehead atoms. The summed E-state index contributed by atoms with van der Waals surface area (Å²) in [6.07, 6.45) is -3.80. The minimum absolute atomic E-state index is 0.00759. The predicted octanol–water partition coefficient (Wildman–Crippen LogP) is 4.06. The Morgan fingerprint density at radius 3 is 2.29 bits per heavy atom. The van der Waals surface area contributed by atoms with Gasteiger partial charge >= 0.3 is 6.18 Å². The van der Waals surface area contributed by atoms with Crippen LogP contribution in [0.1, 0.15) is 50.0 Å². The Morgan fingerprint density at radius 1 is 1.19 bits per heavy atom. The van der Waals surface area contributed by atoms with Gasteiger partial charge in [0.25, 0.3) is 5.91 Å². The molecule has 1 aromatic rings. The lowest BCUT2D eigenvalue weighted by molar-refractivity contribution is -0.137. The van der Waals surface area contributed by atoms with E-state index in [0.29, 0.717) is 18.7 Å². The summed E-state index contributed by atoms with van der Waals surface area (Å²) >= 11 is 0. The average molecular weight is 302 g/mol. The van der Waals surface area contributed by atoms with Crippen molar-refractivity contribution in [1.82, 2.24) is 5.32 Å². The normalized spacial score (nSPS) is 12.1. The quantitative estimate of drug-likeness (QED) is 0.861. The summed E-state index contributed by atoms with van der Waals surface area (Å²) in [6.45, 7) is 7.88. The number of carbonyl (C=O) groups excluding carboxylic acids is 1. The fourth-order valence-electron chi connectivity index (χ4n) is 1.72. The molecule has 3 nitrogen and oxygen atoms in total. The Balaban J connectivity index is 3.20. The largest absolute Gasteiger partial charge is 0.416 e. The average Bonchev–Trinajstić information content (AvgIpc) is 2.37. The molecule has 21 heavy (non-hydrogen) atoms. The van der Waals surface area contributed by atoms with E-state index < -0.39 is 23.2 Å². The molecular weight excluding hydrogens is 281 g/mol. The number of alkyl halides is 3. The number of halogens is 3. The fourth-order valence-corrected chi connectivity index (χ4v) is 1.72. The second-order valence-corrected chi connectivity index (χ2v) is 5.48. The van der Waals surface area contributed by atoms with Crippen molar-refractivity contribution in [3.05, 3.63) is 29.3 Å². The van der Waals surface area contributed by atoms with Crippen molar-refractivity contribution in [1.29, 1.82) is 0 Å². The van der Waals surface area contributed by atoms with Crippen LogP contribution in [0.4, 0.5) is 18.9 Å². The summed E-state index contributed by atoms with van der Waals surface area (Å²) in [5, 5.41) is 5.66. The van der Waals surface area contributed by atoms with Gasteiger partial charge in [-0.3, -0.25) is 4.79 Å². The predicted molar refractivity (Wildman–Crippen MR) is 77.4 cm³/mol. The molecule has 1 aromatic carbocycles. The zero-order chi connectivity index (χ0) is 16.3. The number of anilines is 1. The van der Waals surface area contributed by atoms with E-state index in [9.17, 15) is 18.0 Å². The van der Waals surface area contributed by atoms with E-state index in [1.807, 2.05) is 27.7 Å². The number of rotatable bonds is 5. The van der Waals surface area contributed by atoms with E-state index in [4.69, 9.17) is 0 Å². The Hall–Kier alpha value is -1.72. The number of hydrogen-bond acceptors (Lipinski definition) is 2. The van der Waals surface area contributed by atoms with Crippen LogP contribution in [0.5, 0.6) is 0 Å². The minimum Gasteiger partial charge on any atom is -0.385 e. The smallest absolute Gasteiger partial charge is 0.385 e. The van der Waals surface area contributed by atoms with Crippen LogP contribution in [0.25, 0.3) is 0 Å². The molecule has 0 aliphatic carbocycles. The van der Waals surface area contributed by atoms with E-state index in [0.717, 1.165) is 12.1 Å². The van der Waals surface area contributed by atoms with E-state index >= 15 is 0 Å². The van der Waals surface area contributed by atoms with Gasteiger partial charge in [-0.25, -0.2) is 0 Å². The van der Waals surface area contributed by atoms with Crippen molar-refractivity contribution < 1.29 is 18.0 Å². The lowest BCUT2D eigenvalue weighted by atomic mass is 10.00. The second-order valence-electron chi connectivity index (χ2n) is 5.48. The molecule has 0 heterocycles. The first-order chi connectivity index (χ1) is 9.60. The van der Waals surface area contributed by atoms with Crippen LogP contribution in [0.3, 0.4) is 0 Å². The molecule has 1 amide bonds. The first-order valence-electron chi connectivity index (χ1n) is 6.88. The van der Waals surface area contributed by atoms with Gasteiger partial charge in [-0.05, 0) is 45.4 Å². The summed E-state index contributed by atoms with van der Waals surface area (Å²) in [5.41, 5.74) is -0.902. The van der Waals surface area contributed by atoms with Gasteiger partial charge < -0.3 is 10.6 Å². The topological polar surface area (TPSA) is 41.1 Å². The highest BCUT2D eigenvalue weighted by Gasteiger charge is 2.32. The second kappa shape index (κ2) is 6.37. The zero-order valence-electron chi connectivity index (χ0n) is 12.7. The van der Waals surface area contributed by atoms with Crippen LogP contribution >= 0.6 is 0 Å². The van der Waals surface area contributed by atoms with Crippen LogP contribution in [0, 0.1) is 0 Å². The molecule has 0 saturated heterocycles. The third-order valence-electron chi connectivity index (χ3n) is 3.29. The van der Waals surface area contributed by atoms with Gasteiger partial charge in [0.15, 0.2) is 0 Å². The highest BCUT2D eigenvalue weighted by atomic mass is 19.4. The summed E-state index contributed by atoms with van der Waals surface area (Å²) < 4.78 is 38.4. The van der Waals surface area contributed by atoms with Crippen LogP contribution in [0.2, 0.25) is 0 Å². The summed E-state index contributed by atoms with van der Waals surface area (Å²) in [5.74, 6) is -0.510. The Bertz CT molecular complexity index is 510. The van der Waals surface area contributed by atoms with E-state index in [1.54, 1.807) is 0 Å². The monoisotopic (exact) mass is 302 g/mol. The summed E-state index contributed by atoms with van der Waals surface area (Å²) in [7, 11) is 0. The Labute approximate surface area is 122 Å². The molecule has 0 saturated carbocycles. The molecule has 2 N–H and O–H groups in total. The van der Waals surface area contributed by atoms with Gasteiger partial charge in [-0.15, -0.1) is 0 Å². The molecule has 0 aromatic heterocycles. The number of nitrogens with one attached hydrogen (secondary N) is 2. The molecule has 0 atom stereocenters. The van der Waals surface area contributed by atoms with Gasteiger partial charge in [0.05, 0.1) is 11.1 Å². The van der Waals surface area contributed by atoms with Crippen LogP contribution in [-0.2, 0) is 6.18 Å². The standard InChI is InChI=1S/C15H21F3N2O/c1-5-14(3,4)20-13(21)11-9-10(15(16,17)18)7-8-12(11)19-6-2/h7-9,19H,5-6H2,1-4H3,(H,20,21). The summed E-state index contributed by atoms with van der Waals surface area (Å²) in [6, 6.07) is 3.15. The molecule has 0 radical (unpaired) electrons. The van der Waals surface area contributed by atoms with Gasteiger partial charge in [0.2, 0.25) is 0 Å². The SMILES string of the molecule is CCNc1ccc(C(F)(F)F)cc1C(=O)NC(C)(C)CC. The third-order valence-corrected chi connectivity index (χ3v) is 3.29. The van der Waals surface area contributed by atoms with Gasteiger partial charge in [-0.1, -0.05) is 6.92 Å². The molecule has 0 aliphatic heterocycles. The molecule has 0 fully saturated rings. The van der Waals surface area contributed by atoms with Crippen molar-refractivity contribution in [2.45, 2.75) is 45.8 Å². The van der Waals surface area contributed by atoms with E-state index in [2.05, 4.69) is 10.6 Å². The maximum atomic E-state index is 12.8. The van der Waals surface area contributed by atoms with Crippen molar-refractivity contribution in [3.63, 3.8) is 0 Å². The van der Waals surface area contributed by atoms with Crippen molar-refractivity contribution in [2.75, 3.05) is 11.9 Å². The number of carbonyl (C=O) groups is 1. The van der Waals surface area contributed by atoms with Crippen molar-refractivity contribution in [3.8, 4) is 0 Å². The zero-order valence-corrected chi connectivity index (χ0v) is 12.7. The molecule has 6 heteroatoms. The van der Waals surface area contributed by atoms with Crippen LogP contribution in [0.15, 0.2) is 18.2 Å². The Kier molecular flexibility index (Phi) is 5.25. The number of amides is 1. The van der Waals surface area contributed by atoms with Crippen LogP contribution < -0.4 is 10.6 Å². The number of benzene rings is 1. The maximum absolute atomic E-state index is 12.8. The number of hydrogen-bond donors (Lipinski definition) is 2. The molecule has 0 aliphatic rings. The molecule has 0 unspecified atom stereocenters. The highest BCUT2D eigenvalue weighted by molar-refractivity contribution is 6.00. The first kappa shape index (κ1) is 17.3. The van der Waals surface area contributed by atoms with Crippen LogP contribution in [-0.4, -0.2) is 18.0 Å². The molecular formula is C15H21F3N2O. The van der Waals surface area contributed by atoms with Crippen molar-refractivity contribution in [2.24, 2.45) is 0 Å².